The minimum absolute atomic E-state index is 0.247. The molecule has 0 amide bonds. The lowest BCUT2D eigenvalue weighted by molar-refractivity contribution is -0.222. The van der Waals surface area contributed by atoms with Crippen LogP contribution in [0.3, 0.4) is 0 Å². The molecule has 5 heteroatoms. The zero-order valence-corrected chi connectivity index (χ0v) is 14.0. The molecule has 116 valence electrons. The van der Waals surface area contributed by atoms with Gasteiger partial charge in [-0.25, -0.2) is 9.59 Å². The lowest BCUT2D eigenvalue weighted by atomic mass is 9.58. The molecule has 0 aromatic heterocycles. The van der Waals surface area contributed by atoms with Crippen LogP contribution in [-0.2, 0) is 19.1 Å². The molecule has 1 saturated heterocycles. The highest BCUT2D eigenvalue weighted by molar-refractivity contribution is 9.09. The van der Waals surface area contributed by atoms with Crippen LogP contribution in [0.4, 0.5) is 0 Å². The summed E-state index contributed by atoms with van der Waals surface area (Å²) < 4.78 is 10.7. The average molecular weight is 365 g/mol. The fourth-order valence-corrected chi connectivity index (χ4v) is 8.75. The van der Waals surface area contributed by atoms with Crippen molar-refractivity contribution in [3.8, 4) is 0 Å². The van der Waals surface area contributed by atoms with Gasteiger partial charge in [0.15, 0.2) is 0 Å². The topological polar surface area (TPSA) is 52.6 Å². The summed E-state index contributed by atoms with van der Waals surface area (Å²) in [4.78, 5) is 25.6. The van der Waals surface area contributed by atoms with Gasteiger partial charge >= 0.3 is 11.9 Å². The molecular weight excluding hydrogens is 348 g/mol. The van der Waals surface area contributed by atoms with E-state index in [0.717, 1.165) is 23.3 Å². The molecule has 1 aliphatic heterocycles. The molecule has 8 unspecified atom stereocenters. The van der Waals surface area contributed by atoms with Crippen LogP contribution in [0.15, 0.2) is 11.1 Å². The molecular formula is C17H17BrO4. The number of esters is 2. The summed E-state index contributed by atoms with van der Waals surface area (Å²) in [6.07, 6.45) is 1.30. The molecule has 22 heavy (non-hydrogen) atoms. The van der Waals surface area contributed by atoms with E-state index in [1.807, 2.05) is 0 Å². The van der Waals surface area contributed by atoms with Crippen LogP contribution in [0.25, 0.3) is 0 Å². The lowest BCUT2D eigenvalue weighted by Gasteiger charge is -2.48. The summed E-state index contributed by atoms with van der Waals surface area (Å²) in [5.41, 5.74) is 1.36. The first-order valence-electron chi connectivity index (χ1n) is 8.25. The van der Waals surface area contributed by atoms with Gasteiger partial charge in [0.05, 0.1) is 0 Å². The van der Waals surface area contributed by atoms with Crippen molar-refractivity contribution in [1.82, 2.24) is 0 Å². The number of fused-ring (bicyclic) bond motifs is 2. The highest BCUT2D eigenvalue weighted by atomic mass is 79.9. The van der Waals surface area contributed by atoms with Crippen molar-refractivity contribution in [3.05, 3.63) is 11.1 Å². The van der Waals surface area contributed by atoms with Crippen LogP contribution >= 0.6 is 15.9 Å². The van der Waals surface area contributed by atoms with Gasteiger partial charge in [0.25, 0.3) is 5.79 Å². The molecule has 4 nitrogen and oxygen atoms in total. The average Bonchev–Trinajstić information content (AvgIpc) is 2.87. The van der Waals surface area contributed by atoms with E-state index in [-0.39, 0.29) is 5.57 Å². The molecule has 6 aliphatic rings. The second kappa shape index (κ2) is 3.33. The van der Waals surface area contributed by atoms with Gasteiger partial charge in [-0.15, -0.1) is 0 Å². The fourth-order valence-electron chi connectivity index (χ4n) is 7.35. The zero-order valence-electron chi connectivity index (χ0n) is 12.4. The van der Waals surface area contributed by atoms with Crippen LogP contribution in [0.2, 0.25) is 0 Å². The number of hydrogen-bond donors (Lipinski definition) is 0. The predicted octanol–water partition coefficient (Wildman–Crippen LogP) is 2.27. The Hall–Kier alpha value is -0.840. The largest absolute Gasteiger partial charge is 0.419 e. The first kappa shape index (κ1) is 12.6. The van der Waals surface area contributed by atoms with Gasteiger partial charge in [-0.1, -0.05) is 15.9 Å². The van der Waals surface area contributed by atoms with Crippen molar-refractivity contribution in [2.45, 2.75) is 30.9 Å². The molecule has 5 saturated carbocycles. The Balaban J connectivity index is 1.53. The van der Waals surface area contributed by atoms with E-state index in [2.05, 4.69) is 15.9 Å². The molecule has 1 heterocycles. The summed E-state index contributed by atoms with van der Waals surface area (Å²) in [7, 11) is 0. The van der Waals surface area contributed by atoms with Gasteiger partial charge < -0.3 is 9.47 Å². The number of cyclic esters (lactones) is 2. The molecule has 0 radical (unpaired) electrons. The van der Waals surface area contributed by atoms with Crippen molar-refractivity contribution in [2.75, 3.05) is 0 Å². The Bertz CT molecular complexity index is 673. The predicted molar refractivity (Wildman–Crippen MR) is 78.5 cm³/mol. The van der Waals surface area contributed by atoms with Gasteiger partial charge in [-0.05, 0) is 59.3 Å². The summed E-state index contributed by atoms with van der Waals surface area (Å²) in [5, 5.41) is 0. The Kier molecular flexibility index (Phi) is 1.90. The van der Waals surface area contributed by atoms with Crippen molar-refractivity contribution in [2.24, 2.45) is 47.3 Å². The zero-order chi connectivity index (χ0) is 15.1. The van der Waals surface area contributed by atoms with Gasteiger partial charge in [0.2, 0.25) is 0 Å². The van der Waals surface area contributed by atoms with Crippen LogP contribution in [0.1, 0.15) is 20.3 Å². The van der Waals surface area contributed by atoms with Crippen LogP contribution < -0.4 is 0 Å². The van der Waals surface area contributed by atoms with E-state index in [9.17, 15) is 9.59 Å². The molecule has 0 aromatic carbocycles. The highest BCUT2D eigenvalue weighted by Gasteiger charge is 2.82. The minimum Gasteiger partial charge on any atom is -0.419 e. The maximum absolute atomic E-state index is 12.5. The quantitative estimate of drug-likeness (QED) is 0.286. The van der Waals surface area contributed by atoms with E-state index in [4.69, 9.17) is 9.47 Å². The number of allylic oxidation sites excluding steroid dienone is 1. The molecule has 0 spiro atoms. The van der Waals surface area contributed by atoms with Crippen LogP contribution in [-0.4, -0.2) is 22.6 Å². The smallest absolute Gasteiger partial charge is 0.348 e. The Labute approximate surface area is 136 Å². The Morgan fingerprint density at radius 1 is 0.955 bits per heavy atom. The van der Waals surface area contributed by atoms with Crippen LogP contribution in [0.5, 0.6) is 0 Å². The third kappa shape index (κ3) is 1.06. The SMILES string of the molecule is CC1(C)OC(=O)C(=C2C3C4CC5C6C4C2C6[C@@H](Br)C53)C(=O)O1. The third-order valence-corrected chi connectivity index (χ3v) is 8.67. The van der Waals surface area contributed by atoms with Gasteiger partial charge in [-0.2, -0.15) is 0 Å². The van der Waals surface area contributed by atoms with Gasteiger partial charge in [0.1, 0.15) is 5.57 Å². The van der Waals surface area contributed by atoms with Crippen molar-refractivity contribution >= 4 is 27.9 Å². The van der Waals surface area contributed by atoms with Crippen molar-refractivity contribution in [3.63, 3.8) is 0 Å². The fraction of sp³-hybridized carbons (Fsp3) is 0.765. The molecule has 0 aromatic rings. The number of hydrogen-bond acceptors (Lipinski definition) is 4. The first-order valence-corrected chi connectivity index (χ1v) is 9.17. The van der Waals surface area contributed by atoms with Crippen molar-refractivity contribution < 1.29 is 19.1 Å². The maximum atomic E-state index is 12.5. The third-order valence-electron chi connectivity index (χ3n) is 7.45. The standard InChI is InChI=1S/C17H17BrO4/c1-17(2)21-15(19)13(16(20)22-17)11-8-4-3-5-7-6(4)10(11)12(7)14(18)9(5)8/h4-10,12,14H,3H2,1-2H3/t4?,5?,6?,7?,8?,9?,10?,12?,14-/m0/s1. The monoisotopic (exact) mass is 364 g/mol. The summed E-state index contributed by atoms with van der Waals surface area (Å²) in [6, 6.07) is 0. The van der Waals surface area contributed by atoms with E-state index in [1.54, 1.807) is 13.8 Å². The molecule has 6 fully saturated rings. The summed E-state index contributed by atoms with van der Waals surface area (Å²) in [5.74, 6) is 3.08. The number of carbonyl (C=O) groups is 2. The maximum Gasteiger partial charge on any atom is 0.348 e. The normalized spacial score (nSPS) is 58.2. The van der Waals surface area contributed by atoms with E-state index in [0.29, 0.717) is 34.4 Å². The summed E-state index contributed by atoms with van der Waals surface area (Å²) in [6.45, 7) is 3.22. The number of ether oxygens (including phenoxy) is 2. The second-order valence-electron chi connectivity index (χ2n) is 8.38. The van der Waals surface area contributed by atoms with Crippen LogP contribution in [0, 0.1) is 47.3 Å². The van der Waals surface area contributed by atoms with E-state index in [1.165, 1.54) is 6.42 Å². The van der Waals surface area contributed by atoms with Gasteiger partial charge in [0, 0.05) is 18.7 Å². The number of alkyl halides is 1. The molecule has 5 aliphatic carbocycles. The van der Waals surface area contributed by atoms with Crippen molar-refractivity contribution in [1.29, 1.82) is 0 Å². The number of carbonyl (C=O) groups excluding carboxylic acids is 2. The minimum atomic E-state index is -1.14. The Morgan fingerprint density at radius 2 is 1.64 bits per heavy atom. The summed E-state index contributed by atoms with van der Waals surface area (Å²) >= 11 is 3.93. The van der Waals surface area contributed by atoms with Gasteiger partial charge in [-0.3, -0.25) is 0 Å². The Morgan fingerprint density at radius 3 is 2.32 bits per heavy atom. The lowest BCUT2D eigenvalue weighted by Crippen LogP contribution is -2.48. The molecule has 2 bridgehead atoms. The number of halogens is 1. The van der Waals surface area contributed by atoms with E-state index < -0.39 is 17.7 Å². The van der Waals surface area contributed by atoms with E-state index >= 15 is 0 Å². The molecule has 0 N–H and O–H groups in total. The molecule has 9 atom stereocenters. The highest BCUT2D eigenvalue weighted by Crippen LogP contribution is 2.85. The molecule has 6 rings (SSSR count). The number of rotatable bonds is 0. The first-order chi connectivity index (χ1) is 10.4. The second-order valence-corrected chi connectivity index (χ2v) is 9.44.